The van der Waals surface area contributed by atoms with E-state index in [4.69, 9.17) is 0 Å². The quantitative estimate of drug-likeness (QED) is 0.735. The standard InChI is InChI=1S/C19H22BrFN4O/c1-18(2)16-15(6-12(20)9-23-16)25(17(18)26)14-7-19(8-14,11-22)24-5-3-4-13(21)10-24/h6,9,13-14H,3-5,7-8,10H2,1-2H3/t13-,14-,19+/m1/s1. The molecule has 1 aromatic rings. The van der Waals surface area contributed by atoms with Crippen molar-refractivity contribution in [3.8, 4) is 6.07 Å². The molecular formula is C19H22BrFN4O. The van der Waals surface area contributed by atoms with E-state index < -0.39 is 17.1 Å². The van der Waals surface area contributed by atoms with Crippen molar-refractivity contribution in [2.24, 2.45) is 0 Å². The zero-order valence-corrected chi connectivity index (χ0v) is 16.6. The number of aromatic nitrogens is 1. The van der Waals surface area contributed by atoms with Crippen LogP contribution < -0.4 is 4.90 Å². The number of anilines is 1. The van der Waals surface area contributed by atoms with Crippen molar-refractivity contribution in [1.82, 2.24) is 9.88 Å². The first kappa shape index (κ1) is 17.9. The van der Waals surface area contributed by atoms with Gasteiger partial charge in [0.15, 0.2) is 0 Å². The molecule has 1 amide bonds. The molecule has 1 saturated heterocycles. The molecule has 0 bridgehead atoms. The van der Waals surface area contributed by atoms with Gasteiger partial charge in [0.1, 0.15) is 11.7 Å². The summed E-state index contributed by atoms with van der Waals surface area (Å²) in [7, 11) is 0. The molecule has 0 radical (unpaired) electrons. The first-order valence-electron chi connectivity index (χ1n) is 9.08. The molecule has 138 valence electrons. The topological polar surface area (TPSA) is 60.2 Å². The van der Waals surface area contributed by atoms with Crippen LogP contribution in [0.15, 0.2) is 16.7 Å². The van der Waals surface area contributed by atoms with Crippen molar-refractivity contribution in [2.45, 2.75) is 62.7 Å². The van der Waals surface area contributed by atoms with Crippen LogP contribution in [0.3, 0.4) is 0 Å². The van der Waals surface area contributed by atoms with Gasteiger partial charge in [-0.15, -0.1) is 0 Å². The molecule has 4 rings (SSSR count). The lowest BCUT2D eigenvalue weighted by Gasteiger charge is -2.53. The number of halogens is 2. The number of hydrogen-bond donors (Lipinski definition) is 0. The normalized spacial score (nSPS) is 33.5. The average molecular weight is 421 g/mol. The number of amides is 1. The largest absolute Gasteiger partial charge is 0.306 e. The Morgan fingerprint density at radius 1 is 1.42 bits per heavy atom. The zero-order chi connectivity index (χ0) is 18.7. The monoisotopic (exact) mass is 420 g/mol. The Bertz CT molecular complexity index is 799. The van der Waals surface area contributed by atoms with Crippen molar-refractivity contribution >= 4 is 27.5 Å². The highest BCUT2D eigenvalue weighted by atomic mass is 79.9. The van der Waals surface area contributed by atoms with E-state index in [-0.39, 0.29) is 11.9 Å². The van der Waals surface area contributed by atoms with Gasteiger partial charge in [0.05, 0.1) is 22.9 Å². The fourth-order valence-corrected chi connectivity index (χ4v) is 4.92. The number of hydrogen-bond acceptors (Lipinski definition) is 4. The SMILES string of the molecule is CC1(C)C(=O)N([C@H]2C[C@@](C#N)(N3CCC[C@@H](F)C3)C2)c2cc(Br)cnc21. The van der Waals surface area contributed by atoms with Gasteiger partial charge in [-0.25, -0.2) is 4.39 Å². The van der Waals surface area contributed by atoms with E-state index in [1.165, 1.54) is 0 Å². The third kappa shape index (κ3) is 2.49. The maximum Gasteiger partial charge on any atom is 0.239 e. The Balaban J connectivity index is 1.60. The molecule has 2 fully saturated rings. The number of piperidine rings is 1. The third-order valence-corrected chi connectivity index (χ3v) is 6.56. The fourth-order valence-electron chi connectivity index (χ4n) is 4.60. The molecule has 2 aliphatic heterocycles. The highest BCUT2D eigenvalue weighted by molar-refractivity contribution is 9.10. The van der Waals surface area contributed by atoms with E-state index in [2.05, 4.69) is 27.0 Å². The second-order valence-electron chi connectivity index (χ2n) is 8.21. The van der Waals surface area contributed by atoms with Gasteiger partial charge in [-0.1, -0.05) is 0 Å². The zero-order valence-electron chi connectivity index (χ0n) is 15.0. The number of carbonyl (C=O) groups excluding carboxylic acids is 1. The lowest BCUT2D eigenvalue weighted by Crippen LogP contribution is -2.65. The predicted molar refractivity (Wildman–Crippen MR) is 99.5 cm³/mol. The highest BCUT2D eigenvalue weighted by Crippen LogP contribution is 2.49. The molecule has 0 aromatic carbocycles. The van der Waals surface area contributed by atoms with E-state index in [0.29, 0.717) is 25.8 Å². The Hall–Kier alpha value is -1.52. The van der Waals surface area contributed by atoms with Crippen LogP contribution in [-0.4, -0.2) is 46.6 Å². The van der Waals surface area contributed by atoms with Crippen molar-refractivity contribution in [3.63, 3.8) is 0 Å². The van der Waals surface area contributed by atoms with Crippen molar-refractivity contribution in [3.05, 3.63) is 22.4 Å². The maximum absolute atomic E-state index is 13.8. The molecular weight excluding hydrogens is 399 g/mol. The summed E-state index contributed by atoms with van der Waals surface area (Å²) in [6, 6.07) is 4.31. The van der Waals surface area contributed by atoms with Crippen LogP contribution in [0.5, 0.6) is 0 Å². The molecule has 1 saturated carbocycles. The summed E-state index contributed by atoms with van der Waals surface area (Å²) in [6.07, 6.45) is 3.33. The van der Waals surface area contributed by atoms with Crippen molar-refractivity contribution < 1.29 is 9.18 Å². The molecule has 0 N–H and O–H groups in total. The van der Waals surface area contributed by atoms with Crippen LogP contribution in [0.25, 0.3) is 0 Å². The number of nitrogens with zero attached hydrogens (tertiary/aromatic N) is 4. The van der Waals surface area contributed by atoms with E-state index >= 15 is 0 Å². The highest BCUT2D eigenvalue weighted by Gasteiger charge is 2.57. The van der Waals surface area contributed by atoms with Gasteiger partial charge in [0.25, 0.3) is 0 Å². The average Bonchev–Trinajstić information content (AvgIpc) is 2.75. The van der Waals surface area contributed by atoms with Gasteiger partial charge < -0.3 is 4.90 Å². The minimum absolute atomic E-state index is 0.0247. The number of carbonyl (C=O) groups is 1. The van der Waals surface area contributed by atoms with Crippen LogP contribution >= 0.6 is 15.9 Å². The van der Waals surface area contributed by atoms with E-state index in [1.807, 2.05) is 29.7 Å². The van der Waals surface area contributed by atoms with Crippen molar-refractivity contribution in [1.29, 1.82) is 5.26 Å². The van der Waals surface area contributed by atoms with Gasteiger partial charge in [-0.3, -0.25) is 14.7 Å². The summed E-state index contributed by atoms with van der Waals surface area (Å²) in [5.41, 5.74) is 0.285. The molecule has 1 aromatic heterocycles. The van der Waals surface area contributed by atoms with E-state index in [9.17, 15) is 14.4 Å². The van der Waals surface area contributed by atoms with Crippen LogP contribution in [0.4, 0.5) is 10.1 Å². The summed E-state index contributed by atoms with van der Waals surface area (Å²) in [4.78, 5) is 21.4. The number of pyridine rings is 1. The first-order valence-corrected chi connectivity index (χ1v) is 9.88. The number of nitriles is 1. The Morgan fingerprint density at radius 3 is 2.81 bits per heavy atom. The van der Waals surface area contributed by atoms with E-state index in [0.717, 1.165) is 28.8 Å². The summed E-state index contributed by atoms with van der Waals surface area (Å²) in [6.45, 7) is 4.86. The molecule has 7 heteroatoms. The number of alkyl halides is 1. The van der Waals surface area contributed by atoms with Gasteiger partial charge in [0.2, 0.25) is 5.91 Å². The van der Waals surface area contributed by atoms with Gasteiger partial charge in [-0.05, 0) is 55.2 Å². The van der Waals surface area contributed by atoms with Gasteiger partial charge >= 0.3 is 0 Å². The first-order chi connectivity index (χ1) is 12.3. The molecule has 26 heavy (non-hydrogen) atoms. The van der Waals surface area contributed by atoms with E-state index in [1.54, 1.807) is 6.20 Å². The molecule has 0 unspecified atom stereocenters. The lowest BCUT2D eigenvalue weighted by molar-refractivity contribution is -0.123. The molecule has 1 atom stereocenters. The molecule has 1 aliphatic carbocycles. The minimum atomic E-state index is -0.860. The number of fused-ring (bicyclic) bond motifs is 1. The molecule has 5 nitrogen and oxygen atoms in total. The van der Waals surface area contributed by atoms with Crippen LogP contribution in [0.2, 0.25) is 0 Å². The lowest BCUT2D eigenvalue weighted by atomic mass is 9.70. The summed E-state index contributed by atoms with van der Waals surface area (Å²) in [5, 5.41) is 9.81. The van der Waals surface area contributed by atoms with Gasteiger partial charge in [0, 0.05) is 36.1 Å². The smallest absolute Gasteiger partial charge is 0.239 e. The van der Waals surface area contributed by atoms with Gasteiger partial charge in [-0.2, -0.15) is 5.26 Å². The van der Waals surface area contributed by atoms with Crippen LogP contribution in [-0.2, 0) is 10.2 Å². The Kier molecular flexibility index (Phi) is 4.12. The molecule has 0 spiro atoms. The predicted octanol–water partition coefficient (Wildman–Crippen LogP) is 3.33. The molecule has 3 heterocycles. The summed E-state index contributed by atoms with van der Waals surface area (Å²) >= 11 is 3.44. The third-order valence-electron chi connectivity index (χ3n) is 6.13. The summed E-state index contributed by atoms with van der Waals surface area (Å²) in [5.74, 6) is 0.0247. The Labute approximate surface area is 161 Å². The maximum atomic E-state index is 13.8. The second kappa shape index (κ2) is 6.00. The minimum Gasteiger partial charge on any atom is -0.306 e. The van der Waals surface area contributed by atoms with Crippen LogP contribution in [0, 0.1) is 11.3 Å². The molecule has 3 aliphatic rings. The fraction of sp³-hybridized carbons (Fsp3) is 0.632. The summed E-state index contributed by atoms with van der Waals surface area (Å²) < 4.78 is 14.7. The number of likely N-dealkylation sites (tertiary alicyclic amines) is 1. The number of rotatable bonds is 2. The van der Waals surface area contributed by atoms with Crippen LogP contribution in [0.1, 0.15) is 45.2 Å². The Morgan fingerprint density at radius 2 is 2.15 bits per heavy atom. The van der Waals surface area contributed by atoms with Crippen molar-refractivity contribution in [2.75, 3.05) is 18.0 Å². The second-order valence-corrected chi connectivity index (χ2v) is 9.13.